The van der Waals surface area contributed by atoms with Gasteiger partial charge in [0.05, 0.1) is 12.6 Å². The molecule has 0 bridgehead atoms. The van der Waals surface area contributed by atoms with Gasteiger partial charge in [-0.15, -0.1) is 0 Å². The summed E-state index contributed by atoms with van der Waals surface area (Å²) in [7, 11) is 0. The Bertz CT molecular complexity index is 588. The Morgan fingerprint density at radius 2 is 1.87 bits per heavy atom. The standard InChI is InChI=1S/C17H23FN2O3/c1-11(2)8-9-17(3)15(22)20(16(23)19-17)10-14(21)12-4-6-13(18)7-5-12/h4-7,11,14,21H,8-10H2,1-3H3,(H,19,23). The van der Waals surface area contributed by atoms with Crippen LogP contribution in [0, 0.1) is 11.7 Å². The first-order valence-corrected chi connectivity index (χ1v) is 7.80. The highest BCUT2D eigenvalue weighted by molar-refractivity contribution is 6.06. The van der Waals surface area contributed by atoms with Gasteiger partial charge in [-0.05, 0) is 43.4 Å². The summed E-state index contributed by atoms with van der Waals surface area (Å²) in [6.07, 6.45) is 0.327. The second kappa shape index (κ2) is 6.66. The number of nitrogens with zero attached hydrogens (tertiary/aromatic N) is 1. The van der Waals surface area contributed by atoms with Crippen molar-refractivity contribution in [2.24, 2.45) is 5.92 Å². The first-order valence-electron chi connectivity index (χ1n) is 7.80. The molecule has 1 heterocycles. The smallest absolute Gasteiger partial charge is 0.325 e. The number of halogens is 1. The van der Waals surface area contributed by atoms with E-state index in [0.29, 0.717) is 17.9 Å². The average molecular weight is 322 g/mol. The fourth-order valence-electron chi connectivity index (χ4n) is 2.62. The average Bonchev–Trinajstić information content (AvgIpc) is 2.70. The molecule has 1 aliphatic rings. The van der Waals surface area contributed by atoms with E-state index < -0.39 is 23.5 Å². The summed E-state index contributed by atoms with van der Waals surface area (Å²) in [4.78, 5) is 25.7. The molecule has 0 radical (unpaired) electrons. The number of carbonyl (C=O) groups is 2. The Balaban J connectivity index is 2.06. The van der Waals surface area contributed by atoms with Gasteiger partial charge in [0.2, 0.25) is 0 Å². The third-order valence-electron chi connectivity index (χ3n) is 4.18. The normalized spacial score (nSPS) is 22.6. The van der Waals surface area contributed by atoms with Crippen LogP contribution in [0.3, 0.4) is 0 Å². The number of rotatable bonds is 6. The van der Waals surface area contributed by atoms with Crippen LogP contribution < -0.4 is 5.32 Å². The second-order valence-corrected chi connectivity index (χ2v) is 6.68. The van der Waals surface area contributed by atoms with Crippen molar-refractivity contribution >= 4 is 11.9 Å². The van der Waals surface area contributed by atoms with Crippen LogP contribution in [0.4, 0.5) is 9.18 Å². The van der Waals surface area contributed by atoms with Gasteiger partial charge in [0.1, 0.15) is 11.4 Å². The van der Waals surface area contributed by atoms with Crippen LogP contribution in [0.5, 0.6) is 0 Å². The van der Waals surface area contributed by atoms with Crippen molar-refractivity contribution in [1.29, 1.82) is 0 Å². The molecule has 1 aliphatic heterocycles. The van der Waals surface area contributed by atoms with Gasteiger partial charge in [-0.25, -0.2) is 9.18 Å². The van der Waals surface area contributed by atoms with Gasteiger partial charge >= 0.3 is 6.03 Å². The second-order valence-electron chi connectivity index (χ2n) is 6.68. The van der Waals surface area contributed by atoms with Gasteiger partial charge < -0.3 is 10.4 Å². The molecule has 0 saturated carbocycles. The predicted molar refractivity (Wildman–Crippen MR) is 84.1 cm³/mol. The largest absolute Gasteiger partial charge is 0.387 e. The summed E-state index contributed by atoms with van der Waals surface area (Å²) in [5, 5.41) is 12.9. The van der Waals surface area contributed by atoms with Crippen molar-refractivity contribution in [3.63, 3.8) is 0 Å². The Morgan fingerprint density at radius 3 is 2.43 bits per heavy atom. The number of carbonyl (C=O) groups excluding carboxylic acids is 2. The number of amides is 3. The lowest BCUT2D eigenvalue weighted by Crippen LogP contribution is -2.44. The van der Waals surface area contributed by atoms with Crippen molar-refractivity contribution in [1.82, 2.24) is 10.2 Å². The minimum absolute atomic E-state index is 0.145. The summed E-state index contributed by atoms with van der Waals surface area (Å²) < 4.78 is 12.9. The van der Waals surface area contributed by atoms with Crippen LogP contribution in [-0.2, 0) is 4.79 Å². The lowest BCUT2D eigenvalue weighted by molar-refractivity contribution is -0.132. The van der Waals surface area contributed by atoms with Crippen molar-refractivity contribution in [2.75, 3.05) is 6.54 Å². The first-order chi connectivity index (χ1) is 10.7. The Morgan fingerprint density at radius 1 is 1.26 bits per heavy atom. The van der Waals surface area contributed by atoms with Gasteiger partial charge in [-0.1, -0.05) is 26.0 Å². The molecule has 2 unspecified atom stereocenters. The molecule has 3 amide bonds. The summed E-state index contributed by atoms with van der Waals surface area (Å²) >= 11 is 0. The number of imide groups is 1. The number of nitrogens with one attached hydrogen (secondary N) is 1. The topological polar surface area (TPSA) is 69.6 Å². The van der Waals surface area contributed by atoms with E-state index in [4.69, 9.17) is 0 Å². The molecular formula is C17H23FN2O3. The van der Waals surface area contributed by atoms with E-state index in [2.05, 4.69) is 19.2 Å². The molecule has 23 heavy (non-hydrogen) atoms. The van der Waals surface area contributed by atoms with E-state index in [-0.39, 0.29) is 12.5 Å². The summed E-state index contributed by atoms with van der Waals surface area (Å²) in [6, 6.07) is 4.85. The van der Waals surface area contributed by atoms with Crippen molar-refractivity contribution < 1.29 is 19.1 Å². The van der Waals surface area contributed by atoms with Crippen molar-refractivity contribution in [3.8, 4) is 0 Å². The molecule has 1 fully saturated rings. The first kappa shape index (κ1) is 17.4. The number of aliphatic hydroxyl groups excluding tert-OH is 1. The Hall–Kier alpha value is -1.95. The quantitative estimate of drug-likeness (QED) is 0.791. The van der Waals surface area contributed by atoms with Gasteiger partial charge in [0.25, 0.3) is 5.91 Å². The number of β-amino-alcohol motifs (C(OH)–C–C–N with tert-alkyl or cyclic N) is 1. The zero-order chi connectivity index (χ0) is 17.2. The molecule has 0 spiro atoms. The lowest BCUT2D eigenvalue weighted by atomic mass is 9.92. The third-order valence-corrected chi connectivity index (χ3v) is 4.18. The van der Waals surface area contributed by atoms with Crippen LogP contribution in [0.1, 0.15) is 45.3 Å². The predicted octanol–water partition coefficient (Wildman–Crippen LogP) is 2.61. The fourth-order valence-corrected chi connectivity index (χ4v) is 2.62. The van der Waals surface area contributed by atoms with Crippen LogP contribution >= 0.6 is 0 Å². The molecule has 0 aromatic heterocycles. The molecule has 2 N–H and O–H groups in total. The van der Waals surface area contributed by atoms with E-state index in [1.54, 1.807) is 6.92 Å². The van der Waals surface area contributed by atoms with Gasteiger partial charge in [-0.3, -0.25) is 9.69 Å². The van der Waals surface area contributed by atoms with E-state index >= 15 is 0 Å². The Labute approximate surface area is 135 Å². The molecule has 1 saturated heterocycles. The number of urea groups is 1. The summed E-state index contributed by atoms with van der Waals surface area (Å²) in [6.45, 7) is 5.68. The van der Waals surface area contributed by atoms with Gasteiger partial charge in [0, 0.05) is 0 Å². The minimum atomic E-state index is -1.04. The minimum Gasteiger partial charge on any atom is -0.387 e. The van der Waals surface area contributed by atoms with Crippen molar-refractivity contribution in [2.45, 2.75) is 45.3 Å². The zero-order valence-electron chi connectivity index (χ0n) is 13.7. The van der Waals surface area contributed by atoms with Crippen LogP contribution in [0.15, 0.2) is 24.3 Å². The highest BCUT2D eigenvalue weighted by Crippen LogP contribution is 2.26. The van der Waals surface area contributed by atoms with Crippen LogP contribution in [0.25, 0.3) is 0 Å². The highest BCUT2D eigenvalue weighted by atomic mass is 19.1. The Kier molecular flexibility index (Phi) is 5.04. The fraction of sp³-hybridized carbons (Fsp3) is 0.529. The summed E-state index contributed by atoms with van der Waals surface area (Å²) in [5.74, 6) is -0.308. The van der Waals surface area contributed by atoms with E-state index in [1.807, 2.05) is 0 Å². The zero-order valence-corrected chi connectivity index (χ0v) is 13.7. The molecule has 126 valence electrons. The maximum atomic E-state index is 12.9. The molecule has 6 heteroatoms. The number of aliphatic hydroxyl groups is 1. The van der Waals surface area contributed by atoms with Crippen LogP contribution in [0.2, 0.25) is 0 Å². The molecule has 2 atom stereocenters. The van der Waals surface area contributed by atoms with E-state index in [0.717, 1.165) is 11.3 Å². The molecular weight excluding hydrogens is 299 g/mol. The molecule has 1 aromatic carbocycles. The molecule has 1 aromatic rings. The van der Waals surface area contributed by atoms with Crippen LogP contribution in [-0.4, -0.2) is 34.0 Å². The molecule has 2 rings (SSSR count). The lowest BCUT2D eigenvalue weighted by Gasteiger charge is -2.23. The highest BCUT2D eigenvalue weighted by Gasteiger charge is 2.47. The van der Waals surface area contributed by atoms with Gasteiger partial charge in [0.15, 0.2) is 0 Å². The number of benzene rings is 1. The van der Waals surface area contributed by atoms with E-state index in [9.17, 15) is 19.1 Å². The number of hydrogen-bond acceptors (Lipinski definition) is 3. The summed E-state index contributed by atoms with van der Waals surface area (Å²) in [5.41, 5.74) is -0.466. The maximum absolute atomic E-state index is 12.9. The maximum Gasteiger partial charge on any atom is 0.325 e. The SMILES string of the molecule is CC(C)CCC1(C)NC(=O)N(CC(O)c2ccc(F)cc2)C1=O. The molecule has 0 aliphatic carbocycles. The monoisotopic (exact) mass is 322 g/mol. The number of hydrogen-bond donors (Lipinski definition) is 2. The van der Waals surface area contributed by atoms with Crippen molar-refractivity contribution in [3.05, 3.63) is 35.6 Å². The van der Waals surface area contributed by atoms with Gasteiger partial charge in [-0.2, -0.15) is 0 Å². The van der Waals surface area contributed by atoms with E-state index in [1.165, 1.54) is 24.3 Å². The molecule has 5 nitrogen and oxygen atoms in total. The third kappa shape index (κ3) is 3.88.